The Hall–Kier alpha value is -1.49. The first-order valence-electron chi connectivity index (χ1n) is 8.86. The zero-order valence-electron chi connectivity index (χ0n) is 13.6. The highest BCUT2D eigenvalue weighted by molar-refractivity contribution is 5.28. The van der Waals surface area contributed by atoms with Crippen LogP contribution in [0, 0.1) is 28.6 Å². The molecule has 2 saturated carbocycles. The molecule has 0 aliphatic heterocycles. The lowest BCUT2D eigenvalue weighted by atomic mass is 9.58. The van der Waals surface area contributed by atoms with Gasteiger partial charge in [-0.25, -0.2) is 0 Å². The van der Waals surface area contributed by atoms with Crippen LogP contribution >= 0.6 is 0 Å². The third kappa shape index (κ3) is 3.00. The second-order valence-electron chi connectivity index (χ2n) is 7.51. The van der Waals surface area contributed by atoms with E-state index in [1.807, 2.05) is 12.1 Å². The molecule has 2 aliphatic rings. The Morgan fingerprint density at radius 2 is 1.95 bits per heavy atom. The van der Waals surface area contributed by atoms with Crippen molar-refractivity contribution in [3.05, 3.63) is 29.8 Å². The second kappa shape index (κ2) is 6.32. The molecule has 0 saturated heterocycles. The van der Waals surface area contributed by atoms with Crippen LogP contribution in [0.1, 0.15) is 69.8 Å². The van der Waals surface area contributed by atoms with Gasteiger partial charge in [0.05, 0.1) is 11.5 Å². The molecule has 0 spiro atoms. The first-order valence-corrected chi connectivity index (χ1v) is 8.86. The predicted octanol–water partition coefficient (Wildman–Crippen LogP) is 5.39. The first kappa shape index (κ1) is 15.4. The maximum atomic E-state index is 9.65. The van der Waals surface area contributed by atoms with Gasteiger partial charge in [0.1, 0.15) is 5.75 Å². The lowest BCUT2D eigenvalue weighted by Gasteiger charge is -2.45. The Bertz CT molecular complexity index is 544. The van der Waals surface area contributed by atoms with Crippen LogP contribution in [0.15, 0.2) is 24.3 Å². The van der Waals surface area contributed by atoms with Gasteiger partial charge in [-0.05, 0) is 80.4 Å². The van der Waals surface area contributed by atoms with Crippen molar-refractivity contribution in [2.24, 2.45) is 17.3 Å². The van der Waals surface area contributed by atoms with Crippen LogP contribution in [0.5, 0.6) is 5.75 Å². The van der Waals surface area contributed by atoms with Crippen LogP contribution in [-0.2, 0) is 0 Å². The first-order chi connectivity index (χ1) is 10.7. The van der Waals surface area contributed by atoms with Gasteiger partial charge in [0, 0.05) is 0 Å². The number of phenolic OH excluding ortho intramolecular Hbond substituents is 1. The summed E-state index contributed by atoms with van der Waals surface area (Å²) < 4.78 is 0. The molecule has 1 aromatic carbocycles. The summed E-state index contributed by atoms with van der Waals surface area (Å²) in [5.41, 5.74) is 1.35. The molecule has 3 rings (SSSR count). The van der Waals surface area contributed by atoms with Gasteiger partial charge >= 0.3 is 0 Å². The smallest absolute Gasteiger partial charge is 0.115 e. The van der Waals surface area contributed by atoms with Gasteiger partial charge in [-0.15, -0.1) is 0 Å². The van der Waals surface area contributed by atoms with Crippen molar-refractivity contribution in [1.82, 2.24) is 0 Å². The molecule has 0 amide bonds. The number of nitriles is 1. The van der Waals surface area contributed by atoms with E-state index in [4.69, 9.17) is 0 Å². The fourth-order valence-corrected chi connectivity index (χ4v) is 4.93. The quantitative estimate of drug-likeness (QED) is 0.813. The monoisotopic (exact) mass is 297 g/mol. The average Bonchev–Trinajstić information content (AvgIpc) is 2.55. The molecule has 2 aliphatic carbocycles. The van der Waals surface area contributed by atoms with Crippen molar-refractivity contribution in [3.8, 4) is 11.8 Å². The maximum Gasteiger partial charge on any atom is 0.115 e. The molecule has 0 aromatic heterocycles. The summed E-state index contributed by atoms with van der Waals surface area (Å²) in [6, 6.07) is 10.5. The molecule has 2 nitrogen and oxygen atoms in total. The van der Waals surface area contributed by atoms with E-state index in [0.29, 0.717) is 11.7 Å². The highest BCUT2D eigenvalue weighted by Crippen LogP contribution is 2.52. The minimum atomic E-state index is -0.0265. The van der Waals surface area contributed by atoms with Crippen molar-refractivity contribution < 1.29 is 5.11 Å². The van der Waals surface area contributed by atoms with E-state index in [1.54, 1.807) is 0 Å². The summed E-state index contributed by atoms with van der Waals surface area (Å²) in [6.07, 6.45) is 9.43. The summed E-state index contributed by atoms with van der Waals surface area (Å²) in [5.74, 6) is 2.55. The summed E-state index contributed by atoms with van der Waals surface area (Å²) >= 11 is 0. The fourth-order valence-electron chi connectivity index (χ4n) is 4.93. The minimum Gasteiger partial charge on any atom is -0.508 e. The molecule has 2 fully saturated rings. The number of hydrogen-bond acceptors (Lipinski definition) is 2. The Kier molecular flexibility index (Phi) is 4.43. The van der Waals surface area contributed by atoms with E-state index >= 15 is 0 Å². The predicted molar refractivity (Wildman–Crippen MR) is 88.5 cm³/mol. The molecule has 1 aromatic rings. The van der Waals surface area contributed by atoms with Crippen molar-refractivity contribution in [2.75, 3.05) is 0 Å². The van der Waals surface area contributed by atoms with Gasteiger partial charge in [-0.3, -0.25) is 0 Å². The summed E-state index contributed by atoms with van der Waals surface area (Å²) in [5, 5.41) is 19.1. The van der Waals surface area contributed by atoms with Gasteiger partial charge in [-0.1, -0.05) is 25.5 Å². The van der Waals surface area contributed by atoms with Gasteiger partial charge < -0.3 is 5.11 Å². The average molecular weight is 297 g/mol. The molecule has 22 heavy (non-hydrogen) atoms. The van der Waals surface area contributed by atoms with Crippen molar-refractivity contribution in [1.29, 1.82) is 5.26 Å². The molecule has 4 atom stereocenters. The number of phenols is 1. The molecular formula is C20H27NO. The van der Waals surface area contributed by atoms with Crippen LogP contribution < -0.4 is 0 Å². The standard InChI is InChI=1S/C20H27NO/c1-2-10-20(14-21)11-9-17-12-16(3-4-18(17)13-20)15-5-7-19(22)8-6-15/h5-8,16-18,22H,2-4,9-13H2,1H3/t16?,17-,18?,20+/m1/s1. The fraction of sp³-hybridized carbons (Fsp3) is 0.650. The van der Waals surface area contributed by atoms with E-state index < -0.39 is 0 Å². The van der Waals surface area contributed by atoms with E-state index in [1.165, 1.54) is 31.2 Å². The van der Waals surface area contributed by atoms with E-state index in [2.05, 4.69) is 25.1 Å². The van der Waals surface area contributed by atoms with Crippen LogP contribution in [0.3, 0.4) is 0 Å². The molecule has 1 N–H and O–H groups in total. The summed E-state index contributed by atoms with van der Waals surface area (Å²) in [4.78, 5) is 0. The van der Waals surface area contributed by atoms with E-state index in [0.717, 1.165) is 37.5 Å². The van der Waals surface area contributed by atoms with Crippen molar-refractivity contribution in [3.63, 3.8) is 0 Å². The SMILES string of the molecule is CCC[C@]1(C#N)CC[C@@H]2CC(c3ccc(O)cc3)CCC2C1. The molecule has 0 heterocycles. The zero-order chi connectivity index (χ0) is 15.6. The normalized spacial score (nSPS) is 34.6. The topological polar surface area (TPSA) is 44.0 Å². The second-order valence-corrected chi connectivity index (χ2v) is 7.51. The van der Waals surface area contributed by atoms with Crippen LogP contribution in [0.2, 0.25) is 0 Å². The minimum absolute atomic E-state index is 0.0265. The van der Waals surface area contributed by atoms with E-state index in [9.17, 15) is 10.4 Å². The highest BCUT2D eigenvalue weighted by Gasteiger charge is 2.43. The highest BCUT2D eigenvalue weighted by atomic mass is 16.3. The van der Waals surface area contributed by atoms with Crippen molar-refractivity contribution in [2.45, 2.75) is 64.2 Å². The Morgan fingerprint density at radius 3 is 2.64 bits per heavy atom. The molecule has 0 bridgehead atoms. The largest absolute Gasteiger partial charge is 0.508 e. The van der Waals surface area contributed by atoms with Crippen LogP contribution in [0.4, 0.5) is 0 Å². The Morgan fingerprint density at radius 1 is 1.18 bits per heavy atom. The molecule has 0 radical (unpaired) electrons. The Balaban J connectivity index is 1.67. The van der Waals surface area contributed by atoms with Gasteiger partial charge in [0.25, 0.3) is 0 Å². The number of nitrogens with zero attached hydrogens (tertiary/aromatic N) is 1. The van der Waals surface area contributed by atoms with E-state index in [-0.39, 0.29) is 5.41 Å². The maximum absolute atomic E-state index is 9.65. The third-order valence-corrected chi connectivity index (χ3v) is 6.12. The molecular weight excluding hydrogens is 270 g/mol. The van der Waals surface area contributed by atoms with Gasteiger partial charge in [0.15, 0.2) is 0 Å². The van der Waals surface area contributed by atoms with Crippen molar-refractivity contribution >= 4 is 0 Å². The summed E-state index contributed by atoms with van der Waals surface area (Å²) in [7, 11) is 0. The molecule has 2 unspecified atom stereocenters. The lowest BCUT2D eigenvalue weighted by molar-refractivity contribution is 0.0796. The lowest BCUT2D eigenvalue weighted by Crippen LogP contribution is -2.36. The number of aromatic hydroxyl groups is 1. The number of fused-ring (bicyclic) bond motifs is 1. The third-order valence-electron chi connectivity index (χ3n) is 6.12. The van der Waals surface area contributed by atoms with Gasteiger partial charge in [-0.2, -0.15) is 5.26 Å². The number of benzene rings is 1. The number of hydrogen-bond donors (Lipinski definition) is 1. The molecule has 118 valence electrons. The van der Waals surface area contributed by atoms with Crippen LogP contribution in [0.25, 0.3) is 0 Å². The number of rotatable bonds is 3. The summed E-state index contributed by atoms with van der Waals surface area (Å²) in [6.45, 7) is 2.20. The molecule has 2 heteroatoms. The Labute approximate surface area is 134 Å². The van der Waals surface area contributed by atoms with Crippen LogP contribution in [-0.4, -0.2) is 5.11 Å². The van der Waals surface area contributed by atoms with Gasteiger partial charge in [0.2, 0.25) is 0 Å². The zero-order valence-corrected chi connectivity index (χ0v) is 13.6.